The molecule has 0 radical (unpaired) electrons. The number of aryl methyl sites for hydroxylation is 2. The molecule has 166 valence electrons. The number of nitrogens with zero attached hydrogens (tertiary/aromatic N) is 2. The third-order valence-corrected chi connectivity index (χ3v) is 6.83. The lowest BCUT2D eigenvalue weighted by Crippen LogP contribution is -2.39. The van der Waals surface area contributed by atoms with Gasteiger partial charge >= 0.3 is 0 Å². The monoisotopic (exact) mass is 432 g/mol. The van der Waals surface area contributed by atoms with E-state index < -0.39 is 0 Å². The molecular weight excluding hydrogens is 403 g/mol. The Morgan fingerprint density at radius 1 is 1.16 bits per heavy atom. The van der Waals surface area contributed by atoms with Crippen molar-refractivity contribution < 1.29 is 13.6 Å². The van der Waals surface area contributed by atoms with Crippen LogP contribution < -0.4 is 0 Å². The zero-order valence-corrected chi connectivity index (χ0v) is 18.6. The van der Waals surface area contributed by atoms with Gasteiger partial charge in [0.25, 0.3) is 5.91 Å². The first kappa shape index (κ1) is 20.9. The van der Waals surface area contributed by atoms with Crippen LogP contribution in [0, 0.1) is 12.7 Å². The highest BCUT2D eigenvalue weighted by molar-refractivity contribution is 5.97. The van der Waals surface area contributed by atoms with Gasteiger partial charge in [-0.05, 0) is 74.8 Å². The summed E-state index contributed by atoms with van der Waals surface area (Å²) in [5.74, 6) is 1.92. The average Bonchev–Trinajstić information content (AvgIpc) is 3.15. The van der Waals surface area contributed by atoms with E-state index in [1.165, 1.54) is 6.07 Å². The molecule has 4 nitrogen and oxygen atoms in total. The second-order valence-corrected chi connectivity index (χ2v) is 9.13. The fraction of sp³-hybridized carbons (Fsp3) is 0.407. The number of pyridine rings is 1. The van der Waals surface area contributed by atoms with Gasteiger partial charge in [-0.15, -0.1) is 0 Å². The van der Waals surface area contributed by atoms with Crippen LogP contribution in [0.2, 0.25) is 0 Å². The van der Waals surface area contributed by atoms with Crippen LogP contribution in [0.25, 0.3) is 0 Å². The fourth-order valence-corrected chi connectivity index (χ4v) is 5.21. The Morgan fingerprint density at radius 2 is 2.03 bits per heavy atom. The summed E-state index contributed by atoms with van der Waals surface area (Å²) in [4.78, 5) is 20.1. The maximum atomic E-state index is 13.4. The molecule has 3 heterocycles. The zero-order valence-electron chi connectivity index (χ0n) is 18.6. The van der Waals surface area contributed by atoms with Gasteiger partial charge in [0.15, 0.2) is 0 Å². The first-order valence-corrected chi connectivity index (χ1v) is 11.7. The summed E-state index contributed by atoms with van der Waals surface area (Å²) in [6.45, 7) is 3.40. The maximum Gasteiger partial charge on any atom is 0.257 e. The van der Waals surface area contributed by atoms with Crippen LogP contribution in [0.15, 0.2) is 47.0 Å². The van der Waals surface area contributed by atoms with Gasteiger partial charge in [-0.25, -0.2) is 4.39 Å². The van der Waals surface area contributed by atoms with Crippen LogP contribution in [-0.2, 0) is 19.3 Å². The second-order valence-electron chi connectivity index (χ2n) is 9.13. The van der Waals surface area contributed by atoms with Gasteiger partial charge in [0.2, 0.25) is 0 Å². The van der Waals surface area contributed by atoms with E-state index in [2.05, 4.69) is 12.1 Å². The Morgan fingerprint density at radius 3 is 2.84 bits per heavy atom. The molecule has 2 aromatic heterocycles. The largest absolute Gasteiger partial charge is 0.465 e. The van der Waals surface area contributed by atoms with Gasteiger partial charge in [0.1, 0.15) is 17.3 Å². The molecule has 0 N–H and O–H groups in total. The molecule has 1 aliphatic carbocycles. The van der Waals surface area contributed by atoms with Gasteiger partial charge in [0.05, 0.1) is 5.56 Å². The van der Waals surface area contributed by atoms with Crippen molar-refractivity contribution >= 4 is 5.91 Å². The van der Waals surface area contributed by atoms with E-state index in [0.717, 1.165) is 84.5 Å². The number of aromatic nitrogens is 1. The minimum absolute atomic E-state index is 0.113. The Labute approximate surface area is 188 Å². The number of piperidine rings is 1. The van der Waals surface area contributed by atoms with Crippen molar-refractivity contribution in [2.24, 2.45) is 0 Å². The lowest BCUT2D eigenvalue weighted by molar-refractivity contribution is 0.0703. The van der Waals surface area contributed by atoms with E-state index in [-0.39, 0.29) is 17.6 Å². The van der Waals surface area contributed by atoms with Crippen molar-refractivity contribution in [3.8, 4) is 0 Å². The topological polar surface area (TPSA) is 46.3 Å². The Bertz CT molecular complexity index is 1120. The SMILES string of the molecule is Cc1oc2c(c1C(=O)N1CCC[C@H](c3ccc(Cc4cccc(F)c4)cn3)C1)CCCC2. The van der Waals surface area contributed by atoms with E-state index in [9.17, 15) is 9.18 Å². The van der Waals surface area contributed by atoms with Gasteiger partial charge in [-0.2, -0.15) is 0 Å². The Balaban J connectivity index is 1.29. The number of fused-ring (bicyclic) bond motifs is 1. The quantitative estimate of drug-likeness (QED) is 0.538. The molecule has 0 spiro atoms. The molecule has 0 saturated carbocycles. The highest BCUT2D eigenvalue weighted by Gasteiger charge is 2.31. The zero-order chi connectivity index (χ0) is 22.1. The van der Waals surface area contributed by atoms with Crippen molar-refractivity contribution in [3.63, 3.8) is 0 Å². The molecule has 2 aliphatic rings. The minimum atomic E-state index is -0.215. The van der Waals surface area contributed by atoms with Crippen LogP contribution in [0.4, 0.5) is 4.39 Å². The molecule has 3 aromatic rings. The van der Waals surface area contributed by atoms with Crippen molar-refractivity contribution in [2.45, 2.75) is 57.8 Å². The first-order chi connectivity index (χ1) is 15.6. The molecule has 1 amide bonds. The number of hydrogen-bond acceptors (Lipinski definition) is 3. The molecule has 1 aliphatic heterocycles. The third kappa shape index (κ3) is 4.21. The van der Waals surface area contributed by atoms with Crippen molar-refractivity contribution in [1.82, 2.24) is 9.88 Å². The van der Waals surface area contributed by atoms with Crippen molar-refractivity contribution in [1.29, 1.82) is 0 Å². The lowest BCUT2D eigenvalue weighted by atomic mass is 9.91. The maximum absolute atomic E-state index is 13.4. The van der Waals surface area contributed by atoms with E-state index >= 15 is 0 Å². The molecule has 1 atom stereocenters. The predicted molar refractivity (Wildman–Crippen MR) is 121 cm³/mol. The number of hydrogen-bond donors (Lipinski definition) is 0. The lowest BCUT2D eigenvalue weighted by Gasteiger charge is -2.33. The van der Waals surface area contributed by atoms with Crippen LogP contribution in [-0.4, -0.2) is 28.9 Å². The number of likely N-dealkylation sites (tertiary alicyclic amines) is 1. The van der Waals surface area contributed by atoms with Crippen LogP contribution in [0.3, 0.4) is 0 Å². The second kappa shape index (κ2) is 8.89. The summed E-state index contributed by atoms with van der Waals surface area (Å²) in [6.07, 6.45) is 8.70. The van der Waals surface area contributed by atoms with E-state index in [1.54, 1.807) is 12.1 Å². The first-order valence-electron chi connectivity index (χ1n) is 11.7. The third-order valence-electron chi connectivity index (χ3n) is 6.83. The summed E-state index contributed by atoms with van der Waals surface area (Å²) in [5, 5.41) is 0. The van der Waals surface area contributed by atoms with Gasteiger partial charge < -0.3 is 9.32 Å². The number of furan rings is 1. The van der Waals surface area contributed by atoms with E-state index in [0.29, 0.717) is 13.0 Å². The number of amides is 1. The fourth-order valence-electron chi connectivity index (χ4n) is 5.21. The van der Waals surface area contributed by atoms with Crippen LogP contribution in [0.5, 0.6) is 0 Å². The van der Waals surface area contributed by atoms with Crippen molar-refractivity contribution in [3.05, 3.63) is 87.9 Å². The normalized spacial score (nSPS) is 18.4. The van der Waals surface area contributed by atoms with Gasteiger partial charge in [0, 0.05) is 42.9 Å². The summed E-state index contributed by atoms with van der Waals surface area (Å²) in [6, 6.07) is 10.8. The molecule has 1 aromatic carbocycles. The van der Waals surface area contributed by atoms with Crippen LogP contribution >= 0.6 is 0 Å². The van der Waals surface area contributed by atoms with Crippen molar-refractivity contribution in [2.75, 3.05) is 13.1 Å². The number of benzene rings is 1. The molecule has 32 heavy (non-hydrogen) atoms. The minimum Gasteiger partial charge on any atom is -0.465 e. The summed E-state index contributed by atoms with van der Waals surface area (Å²) < 4.78 is 19.4. The number of rotatable bonds is 4. The van der Waals surface area contributed by atoms with Crippen LogP contribution in [0.1, 0.15) is 75.9 Å². The molecule has 5 rings (SSSR count). The molecule has 5 heteroatoms. The van der Waals surface area contributed by atoms with E-state index in [1.807, 2.05) is 24.1 Å². The summed E-state index contributed by atoms with van der Waals surface area (Å²) in [5.41, 5.74) is 4.97. The molecular formula is C27H29FN2O2. The number of carbonyl (C=O) groups excluding carboxylic acids is 1. The van der Waals surface area contributed by atoms with Gasteiger partial charge in [-0.1, -0.05) is 18.2 Å². The van der Waals surface area contributed by atoms with E-state index in [4.69, 9.17) is 9.40 Å². The highest BCUT2D eigenvalue weighted by atomic mass is 19.1. The molecule has 0 bridgehead atoms. The molecule has 1 fully saturated rings. The molecule has 1 saturated heterocycles. The Hall–Kier alpha value is -2.95. The standard InChI is InChI=1S/C27H29FN2O2/c1-18-26(23-9-2-3-10-25(23)32-18)27(31)30-13-5-7-21(17-30)24-12-11-20(16-29-24)14-19-6-4-8-22(28)15-19/h4,6,8,11-12,15-16,21H,2-3,5,7,9-10,13-14,17H2,1H3/t21-/m0/s1. The summed E-state index contributed by atoms with van der Waals surface area (Å²) >= 11 is 0. The average molecular weight is 433 g/mol. The number of halogens is 1. The predicted octanol–water partition coefficient (Wildman–Crippen LogP) is 5.61. The molecule has 0 unspecified atom stereocenters. The smallest absolute Gasteiger partial charge is 0.257 e. The highest BCUT2D eigenvalue weighted by Crippen LogP contribution is 2.33. The number of carbonyl (C=O) groups is 1. The Kier molecular flexibility index (Phi) is 5.81. The summed E-state index contributed by atoms with van der Waals surface area (Å²) in [7, 11) is 0. The van der Waals surface area contributed by atoms with Gasteiger partial charge in [-0.3, -0.25) is 9.78 Å².